The molecule has 8 rings (SSSR count). The number of aromatic nitrogens is 7. The third kappa shape index (κ3) is 3.67. The zero-order chi connectivity index (χ0) is 26.0. The fraction of sp³-hybridized carbons (Fsp3) is 0.440. The van der Waals surface area contributed by atoms with Crippen molar-refractivity contribution in [3.05, 3.63) is 48.1 Å². The topological polar surface area (TPSA) is 151 Å². The molecule has 0 aromatic carbocycles. The summed E-state index contributed by atoms with van der Waals surface area (Å²) >= 11 is 0. The molecule has 3 atom stereocenters. The van der Waals surface area contributed by atoms with Crippen LogP contribution in [0.15, 0.2) is 31.0 Å². The largest absolute Gasteiger partial charge is 0.443 e. The summed E-state index contributed by atoms with van der Waals surface area (Å²) < 4.78 is 24.2. The lowest BCUT2D eigenvalue weighted by atomic mass is 9.50. The van der Waals surface area contributed by atoms with E-state index in [1.165, 1.54) is 0 Å². The van der Waals surface area contributed by atoms with E-state index in [1.54, 1.807) is 33.8 Å². The summed E-state index contributed by atoms with van der Waals surface area (Å²) in [4.78, 5) is 25.5. The standard InChI is InChI=1S/C25H25FN10O2/c1-13-10-35(12-29-13)18-9-28-23(36-11-15(8-27)30-22(18)36)31-20-4-17(33-34-20)16-2-3-19(21(16)26)38-24(37)32-25-5-14(6-25)7-25/h4,9-12,14,16,19,21H,2-3,5-7H2,1H3,(H,32,37)(H2,28,31,33,34)/t14?,16-,19-,21-,25?/m1/s1. The van der Waals surface area contributed by atoms with Crippen molar-refractivity contribution in [1.29, 1.82) is 5.26 Å². The highest BCUT2D eigenvalue weighted by atomic mass is 19.1. The molecule has 4 heterocycles. The Kier molecular flexibility index (Phi) is 4.94. The number of amides is 1. The molecule has 4 fully saturated rings. The number of carbonyl (C=O) groups excluding carboxylic acids is 1. The van der Waals surface area contributed by atoms with Crippen LogP contribution in [0, 0.1) is 24.2 Å². The van der Waals surface area contributed by atoms with Gasteiger partial charge in [-0.3, -0.25) is 9.50 Å². The lowest BCUT2D eigenvalue weighted by Crippen LogP contribution is -2.68. The molecule has 12 nitrogen and oxygen atoms in total. The van der Waals surface area contributed by atoms with Crippen LogP contribution in [0.5, 0.6) is 0 Å². The van der Waals surface area contributed by atoms with Gasteiger partial charge in [0.25, 0.3) is 0 Å². The van der Waals surface area contributed by atoms with Crippen LogP contribution < -0.4 is 10.6 Å². The second-order valence-corrected chi connectivity index (χ2v) is 10.6. The lowest BCUT2D eigenvalue weighted by molar-refractivity contribution is -0.0532. The van der Waals surface area contributed by atoms with E-state index in [0.717, 1.165) is 30.9 Å². The van der Waals surface area contributed by atoms with Gasteiger partial charge in [0.1, 0.15) is 24.0 Å². The monoisotopic (exact) mass is 516 g/mol. The van der Waals surface area contributed by atoms with E-state index in [9.17, 15) is 10.1 Å². The van der Waals surface area contributed by atoms with Crippen LogP contribution >= 0.6 is 0 Å². The fourth-order valence-corrected chi connectivity index (χ4v) is 5.94. The number of fused-ring (bicyclic) bond motifs is 1. The van der Waals surface area contributed by atoms with Gasteiger partial charge in [-0.15, -0.1) is 0 Å². The number of nitrogens with zero attached hydrogens (tertiary/aromatic N) is 7. The van der Waals surface area contributed by atoms with Crippen LogP contribution in [-0.2, 0) is 4.74 Å². The van der Waals surface area contributed by atoms with Gasteiger partial charge in [0.05, 0.1) is 24.4 Å². The number of halogens is 1. The van der Waals surface area contributed by atoms with E-state index in [4.69, 9.17) is 4.74 Å². The number of imidazole rings is 2. The molecule has 0 unspecified atom stereocenters. The van der Waals surface area contributed by atoms with Crippen molar-refractivity contribution in [3.8, 4) is 11.8 Å². The van der Waals surface area contributed by atoms with Crippen molar-refractivity contribution in [3.63, 3.8) is 0 Å². The predicted octanol–water partition coefficient (Wildman–Crippen LogP) is 3.42. The minimum absolute atomic E-state index is 0.103. The average Bonchev–Trinajstić information content (AvgIpc) is 3.64. The predicted molar refractivity (Wildman–Crippen MR) is 132 cm³/mol. The van der Waals surface area contributed by atoms with Crippen LogP contribution in [-0.4, -0.2) is 58.0 Å². The van der Waals surface area contributed by atoms with Crippen molar-refractivity contribution in [2.45, 2.75) is 62.8 Å². The lowest BCUT2D eigenvalue weighted by Gasteiger charge is -2.61. The molecule has 4 aromatic heterocycles. The van der Waals surface area contributed by atoms with Crippen LogP contribution in [0.3, 0.4) is 0 Å². The molecule has 3 N–H and O–H groups in total. The number of nitriles is 1. The fourth-order valence-electron chi connectivity index (χ4n) is 5.94. The maximum atomic E-state index is 15.3. The van der Waals surface area contributed by atoms with Crippen molar-refractivity contribution in [2.24, 2.45) is 5.92 Å². The summed E-state index contributed by atoms with van der Waals surface area (Å²) in [5, 5.41) is 22.7. The Hall–Kier alpha value is -4.47. The quantitative estimate of drug-likeness (QED) is 0.353. The number of nitrogens with one attached hydrogen (secondary N) is 3. The molecule has 4 aliphatic carbocycles. The number of aryl methyl sites for hydroxylation is 1. The Morgan fingerprint density at radius 1 is 1.29 bits per heavy atom. The molecule has 1 amide bonds. The van der Waals surface area contributed by atoms with E-state index in [-0.39, 0.29) is 11.2 Å². The zero-order valence-corrected chi connectivity index (χ0v) is 20.6. The van der Waals surface area contributed by atoms with Crippen molar-refractivity contribution in [1.82, 2.24) is 39.4 Å². The molecule has 194 valence electrons. The van der Waals surface area contributed by atoms with Crippen molar-refractivity contribution in [2.75, 3.05) is 5.32 Å². The number of hydrogen-bond donors (Lipinski definition) is 3. The normalized spacial score (nSPS) is 27.4. The molecule has 4 aliphatic rings. The molecule has 2 bridgehead atoms. The molecule has 38 heavy (non-hydrogen) atoms. The summed E-state index contributed by atoms with van der Waals surface area (Å²) in [7, 11) is 0. The molecular weight excluding hydrogens is 491 g/mol. The van der Waals surface area contributed by atoms with Gasteiger partial charge in [0.2, 0.25) is 5.95 Å². The number of ether oxygens (including phenoxy) is 1. The third-order valence-electron chi connectivity index (χ3n) is 7.98. The second-order valence-electron chi connectivity index (χ2n) is 10.6. The zero-order valence-electron chi connectivity index (χ0n) is 20.6. The van der Waals surface area contributed by atoms with Crippen LogP contribution in [0.2, 0.25) is 0 Å². The molecule has 0 spiro atoms. The minimum atomic E-state index is -1.34. The third-order valence-corrected chi connectivity index (χ3v) is 7.98. The summed E-state index contributed by atoms with van der Waals surface area (Å²) in [5.74, 6) is 1.09. The number of alkyl carbamates (subject to hydrolysis) is 1. The molecule has 0 radical (unpaired) electrons. The summed E-state index contributed by atoms with van der Waals surface area (Å²) in [6.07, 6.45) is 8.05. The van der Waals surface area contributed by atoms with Gasteiger partial charge in [-0.25, -0.2) is 24.1 Å². The maximum Gasteiger partial charge on any atom is 0.407 e. The highest BCUT2D eigenvalue weighted by Gasteiger charge is 2.58. The smallest absolute Gasteiger partial charge is 0.407 e. The van der Waals surface area contributed by atoms with E-state index < -0.39 is 24.3 Å². The Bertz CT molecular complexity index is 1580. The maximum absolute atomic E-state index is 15.3. The first kappa shape index (κ1) is 22.7. The van der Waals surface area contributed by atoms with Gasteiger partial charge in [0, 0.05) is 29.4 Å². The minimum Gasteiger partial charge on any atom is -0.443 e. The van der Waals surface area contributed by atoms with Crippen LogP contribution in [0.25, 0.3) is 11.3 Å². The van der Waals surface area contributed by atoms with Crippen molar-refractivity contribution >= 4 is 23.5 Å². The Labute approximate surface area is 216 Å². The van der Waals surface area contributed by atoms with E-state index in [0.29, 0.717) is 41.6 Å². The number of alkyl halides is 1. The number of rotatable bonds is 6. The number of anilines is 2. The van der Waals surface area contributed by atoms with Gasteiger partial charge in [0.15, 0.2) is 17.2 Å². The Morgan fingerprint density at radius 3 is 2.84 bits per heavy atom. The molecule has 4 aromatic rings. The SMILES string of the molecule is Cc1cn(-c2cnc(Nc3cc([C@H]4CC[C@@H](OC(=O)NC56CC(C5)C6)[C@@H]4F)[nH]n3)n3cc(C#N)nc23)cn1. The summed E-state index contributed by atoms with van der Waals surface area (Å²) in [6, 6.07) is 3.79. The number of H-pyrrole nitrogens is 1. The summed E-state index contributed by atoms with van der Waals surface area (Å²) in [5.41, 5.74) is 2.75. The molecule has 4 saturated carbocycles. The van der Waals surface area contributed by atoms with Gasteiger partial charge >= 0.3 is 6.09 Å². The number of hydrogen-bond acceptors (Lipinski definition) is 8. The number of aromatic amines is 1. The highest BCUT2D eigenvalue weighted by molar-refractivity contribution is 5.69. The first-order chi connectivity index (χ1) is 18.4. The molecule has 13 heteroatoms. The van der Waals surface area contributed by atoms with Crippen LogP contribution in [0.1, 0.15) is 55.1 Å². The van der Waals surface area contributed by atoms with Gasteiger partial charge in [-0.05, 0) is 44.9 Å². The van der Waals surface area contributed by atoms with E-state index in [2.05, 4.69) is 41.9 Å². The van der Waals surface area contributed by atoms with Crippen molar-refractivity contribution < 1.29 is 13.9 Å². The Balaban J connectivity index is 1.07. The number of carbonyl (C=O) groups is 1. The van der Waals surface area contributed by atoms with Crippen LogP contribution in [0.4, 0.5) is 21.0 Å². The molecule has 0 saturated heterocycles. The average molecular weight is 517 g/mol. The van der Waals surface area contributed by atoms with E-state index in [1.807, 2.05) is 13.1 Å². The van der Waals surface area contributed by atoms with Gasteiger partial charge < -0.3 is 19.9 Å². The molecule has 0 aliphatic heterocycles. The van der Waals surface area contributed by atoms with Gasteiger partial charge in [-0.1, -0.05) is 0 Å². The molecular formula is C25H25FN10O2. The van der Waals surface area contributed by atoms with Gasteiger partial charge in [-0.2, -0.15) is 10.4 Å². The Morgan fingerprint density at radius 2 is 2.13 bits per heavy atom. The first-order valence-corrected chi connectivity index (χ1v) is 12.6. The second kappa shape index (κ2) is 8.27. The van der Waals surface area contributed by atoms with E-state index >= 15 is 4.39 Å². The summed E-state index contributed by atoms with van der Waals surface area (Å²) in [6.45, 7) is 1.88. The highest BCUT2D eigenvalue weighted by Crippen LogP contribution is 2.57. The first-order valence-electron chi connectivity index (χ1n) is 12.6.